The maximum atomic E-state index is 12.4. The van der Waals surface area contributed by atoms with Crippen LogP contribution in [0.4, 0.5) is 31.8 Å². The molecule has 4 rings (SSSR count). The van der Waals surface area contributed by atoms with Gasteiger partial charge in [0.2, 0.25) is 11.9 Å². The Morgan fingerprint density at radius 2 is 1.76 bits per heavy atom. The molecule has 0 saturated heterocycles. The van der Waals surface area contributed by atoms with Crippen molar-refractivity contribution in [1.29, 1.82) is 0 Å². The molecular formula is C25H21F2N5O. The third-order valence-electron chi connectivity index (χ3n) is 4.84. The van der Waals surface area contributed by atoms with Gasteiger partial charge in [0.15, 0.2) is 0 Å². The van der Waals surface area contributed by atoms with Gasteiger partial charge in [0.1, 0.15) is 0 Å². The summed E-state index contributed by atoms with van der Waals surface area (Å²) < 4.78 is 24.7. The van der Waals surface area contributed by atoms with E-state index in [0.717, 1.165) is 27.7 Å². The number of nitrogens with one attached hydrogen (secondary N) is 3. The second-order valence-electron chi connectivity index (χ2n) is 7.19. The number of fused-ring (bicyclic) bond motifs is 1. The number of halogens is 2. The van der Waals surface area contributed by atoms with Crippen LogP contribution in [0.2, 0.25) is 0 Å². The molecule has 1 heterocycles. The highest BCUT2D eigenvalue weighted by Crippen LogP contribution is 2.30. The van der Waals surface area contributed by atoms with Gasteiger partial charge in [0.05, 0.1) is 12.1 Å². The fourth-order valence-corrected chi connectivity index (χ4v) is 3.30. The second kappa shape index (κ2) is 9.86. The van der Waals surface area contributed by atoms with Crippen molar-refractivity contribution in [1.82, 2.24) is 9.97 Å². The lowest BCUT2D eigenvalue weighted by Crippen LogP contribution is -2.09. The summed E-state index contributed by atoms with van der Waals surface area (Å²) in [5, 5.41) is 9.44. The molecule has 8 heteroatoms. The van der Waals surface area contributed by atoms with E-state index in [2.05, 4.69) is 27.5 Å². The van der Waals surface area contributed by atoms with Gasteiger partial charge in [-0.05, 0) is 48.0 Å². The van der Waals surface area contributed by atoms with Crippen molar-refractivity contribution in [2.45, 2.75) is 6.43 Å². The maximum Gasteiger partial charge on any atom is 0.255 e. The van der Waals surface area contributed by atoms with Crippen LogP contribution in [0.5, 0.6) is 0 Å². The smallest absolute Gasteiger partial charge is 0.255 e. The van der Waals surface area contributed by atoms with Crippen molar-refractivity contribution in [3.8, 4) is 11.1 Å². The van der Waals surface area contributed by atoms with Gasteiger partial charge >= 0.3 is 0 Å². The van der Waals surface area contributed by atoms with E-state index in [9.17, 15) is 13.6 Å². The van der Waals surface area contributed by atoms with Crippen LogP contribution < -0.4 is 16.0 Å². The monoisotopic (exact) mass is 445 g/mol. The molecule has 166 valence electrons. The summed E-state index contributed by atoms with van der Waals surface area (Å²) in [5.41, 5.74) is 4.51. The average Bonchev–Trinajstić information content (AvgIpc) is 2.83. The molecule has 3 N–H and O–H groups in total. The number of aromatic nitrogens is 2. The van der Waals surface area contributed by atoms with Crippen molar-refractivity contribution in [3.05, 3.63) is 85.6 Å². The van der Waals surface area contributed by atoms with Crippen LogP contribution in [0.15, 0.2) is 85.6 Å². The molecule has 4 aromatic rings. The van der Waals surface area contributed by atoms with Gasteiger partial charge in [-0.15, -0.1) is 0 Å². The van der Waals surface area contributed by atoms with Gasteiger partial charge in [-0.1, -0.05) is 36.9 Å². The van der Waals surface area contributed by atoms with Gasteiger partial charge in [0.25, 0.3) is 6.43 Å². The Balaban J connectivity index is 1.60. The highest BCUT2D eigenvalue weighted by Gasteiger charge is 2.09. The van der Waals surface area contributed by atoms with Gasteiger partial charge in [-0.25, -0.2) is 18.7 Å². The maximum absolute atomic E-state index is 12.4. The normalized spacial score (nSPS) is 10.8. The molecule has 0 fully saturated rings. The zero-order chi connectivity index (χ0) is 23.2. The molecule has 0 radical (unpaired) electrons. The molecule has 3 aromatic carbocycles. The third kappa shape index (κ3) is 5.48. The number of hydrogen-bond acceptors (Lipinski definition) is 5. The first-order valence-corrected chi connectivity index (χ1v) is 10.2. The summed E-state index contributed by atoms with van der Waals surface area (Å²) >= 11 is 0. The Morgan fingerprint density at radius 3 is 2.52 bits per heavy atom. The number of benzene rings is 3. The predicted molar refractivity (Wildman–Crippen MR) is 128 cm³/mol. The molecule has 0 aliphatic rings. The highest BCUT2D eigenvalue weighted by atomic mass is 19.3. The number of anilines is 4. The molecule has 6 nitrogen and oxygen atoms in total. The molecule has 0 aliphatic carbocycles. The summed E-state index contributed by atoms with van der Waals surface area (Å²) in [6.07, 6.45) is 0.537. The SMILES string of the molecule is C=CC(=O)Nc1cccc(-c2cccc3cnc(Nc4ccc(NCC(F)F)cc4)nc23)c1. The van der Waals surface area contributed by atoms with Gasteiger partial charge in [0, 0.05) is 34.2 Å². The van der Waals surface area contributed by atoms with Crippen molar-refractivity contribution in [3.63, 3.8) is 0 Å². The number of carbonyl (C=O) groups excluding carboxylic acids is 1. The molecule has 0 unspecified atom stereocenters. The minimum absolute atomic E-state index is 0.283. The Bertz CT molecular complexity index is 1290. The zero-order valence-electron chi connectivity index (χ0n) is 17.6. The van der Waals surface area contributed by atoms with Crippen LogP contribution in [0.1, 0.15) is 0 Å². The number of alkyl halides is 2. The van der Waals surface area contributed by atoms with E-state index in [-0.39, 0.29) is 5.91 Å². The lowest BCUT2D eigenvalue weighted by molar-refractivity contribution is -0.111. The highest BCUT2D eigenvalue weighted by molar-refractivity contribution is 6.00. The topological polar surface area (TPSA) is 78.9 Å². The first kappa shape index (κ1) is 21.9. The Kier molecular flexibility index (Phi) is 6.54. The summed E-state index contributed by atoms with van der Waals surface area (Å²) in [6.45, 7) is 3.07. The zero-order valence-corrected chi connectivity index (χ0v) is 17.6. The number of para-hydroxylation sites is 1. The molecule has 1 aromatic heterocycles. The van der Waals surface area contributed by atoms with E-state index in [0.29, 0.717) is 17.3 Å². The van der Waals surface area contributed by atoms with E-state index < -0.39 is 13.0 Å². The molecule has 1 amide bonds. The van der Waals surface area contributed by atoms with Crippen LogP contribution >= 0.6 is 0 Å². The van der Waals surface area contributed by atoms with Crippen LogP contribution in [-0.2, 0) is 4.79 Å². The molecule has 0 bridgehead atoms. The predicted octanol–water partition coefficient (Wildman–Crippen LogP) is 5.84. The van der Waals surface area contributed by atoms with Crippen molar-refractivity contribution in [2.24, 2.45) is 0 Å². The van der Waals surface area contributed by atoms with Gasteiger partial charge in [-0.3, -0.25) is 4.79 Å². The second-order valence-corrected chi connectivity index (χ2v) is 7.19. The van der Waals surface area contributed by atoms with Crippen LogP contribution in [0.3, 0.4) is 0 Å². The standard InChI is InChI=1S/C25H21F2N5O/c1-2-23(33)30-20-7-3-5-16(13-20)21-8-4-6-17-14-29-25(32-24(17)21)31-19-11-9-18(10-12-19)28-15-22(26)27/h2-14,22,28H,1,15H2,(H,30,33)(H,29,31,32). The van der Waals surface area contributed by atoms with Gasteiger partial charge in [-0.2, -0.15) is 0 Å². The third-order valence-corrected chi connectivity index (χ3v) is 4.84. The molecule has 0 spiro atoms. The van der Waals surface area contributed by atoms with E-state index in [1.807, 2.05) is 36.4 Å². The number of nitrogens with zero attached hydrogens (tertiary/aromatic N) is 2. The molecule has 33 heavy (non-hydrogen) atoms. The van der Waals surface area contributed by atoms with Crippen LogP contribution in [0.25, 0.3) is 22.0 Å². The average molecular weight is 445 g/mol. The number of amides is 1. The summed E-state index contributed by atoms with van der Waals surface area (Å²) in [6, 6.07) is 20.2. The minimum atomic E-state index is -2.41. The Morgan fingerprint density at radius 1 is 1.00 bits per heavy atom. The molecule has 0 aliphatic heterocycles. The Labute approximate surface area is 189 Å². The summed E-state index contributed by atoms with van der Waals surface area (Å²) in [7, 11) is 0. The lowest BCUT2D eigenvalue weighted by Gasteiger charge is -2.11. The summed E-state index contributed by atoms with van der Waals surface area (Å²) in [4.78, 5) is 20.7. The molecular weight excluding hydrogens is 424 g/mol. The van der Waals surface area contributed by atoms with Gasteiger partial charge < -0.3 is 16.0 Å². The largest absolute Gasteiger partial charge is 0.379 e. The van der Waals surface area contributed by atoms with Crippen molar-refractivity contribution < 1.29 is 13.6 Å². The van der Waals surface area contributed by atoms with Crippen molar-refractivity contribution in [2.75, 3.05) is 22.5 Å². The summed E-state index contributed by atoms with van der Waals surface area (Å²) in [5.74, 6) is 0.119. The number of hydrogen-bond donors (Lipinski definition) is 3. The van der Waals surface area contributed by atoms with Crippen LogP contribution in [-0.4, -0.2) is 28.8 Å². The first-order chi connectivity index (χ1) is 16.0. The first-order valence-electron chi connectivity index (χ1n) is 10.2. The van der Waals surface area contributed by atoms with Crippen LogP contribution in [0, 0.1) is 0 Å². The number of rotatable bonds is 8. The minimum Gasteiger partial charge on any atom is -0.379 e. The van der Waals surface area contributed by atoms with E-state index in [1.54, 1.807) is 36.5 Å². The fraction of sp³-hybridized carbons (Fsp3) is 0.0800. The Hall–Kier alpha value is -4.33. The quantitative estimate of drug-likeness (QED) is 0.297. The molecule has 0 saturated carbocycles. The lowest BCUT2D eigenvalue weighted by atomic mass is 10.0. The van der Waals surface area contributed by atoms with E-state index in [4.69, 9.17) is 4.98 Å². The van der Waals surface area contributed by atoms with E-state index in [1.165, 1.54) is 6.08 Å². The fourth-order valence-electron chi connectivity index (χ4n) is 3.30. The number of carbonyl (C=O) groups is 1. The van der Waals surface area contributed by atoms with Crippen molar-refractivity contribution >= 4 is 39.8 Å². The molecule has 0 atom stereocenters. The van der Waals surface area contributed by atoms with E-state index >= 15 is 0 Å².